The van der Waals surface area contributed by atoms with E-state index >= 15 is 0 Å². The molecule has 122 valence electrons. The van der Waals surface area contributed by atoms with Crippen molar-refractivity contribution in [3.05, 3.63) is 24.4 Å². The Bertz CT molecular complexity index is 593. The third kappa shape index (κ3) is 3.26. The normalized spacial score (nSPS) is 29.8. The zero-order chi connectivity index (χ0) is 15.6. The van der Waals surface area contributed by atoms with Gasteiger partial charge in [0, 0.05) is 31.8 Å². The zero-order valence-electron chi connectivity index (χ0n) is 12.8. The molecule has 0 aliphatic carbocycles. The van der Waals surface area contributed by atoms with E-state index in [1.165, 1.54) is 0 Å². The van der Waals surface area contributed by atoms with Gasteiger partial charge in [0.1, 0.15) is 5.82 Å². The van der Waals surface area contributed by atoms with Gasteiger partial charge in [0.25, 0.3) is 0 Å². The number of aromatic nitrogens is 1. The van der Waals surface area contributed by atoms with Crippen LogP contribution in [0.1, 0.15) is 19.8 Å². The van der Waals surface area contributed by atoms with Crippen LogP contribution < -0.4 is 5.32 Å². The van der Waals surface area contributed by atoms with Crippen molar-refractivity contribution in [3.63, 3.8) is 0 Å². The predicted octanol–water partition coefficient (Wildman–Crippen LogP) is 1.32. The van der Waals surface area contributed by atoms with Crippen LogP contribution in [0.5, 0.6) is 0 Å². The van der Waals surface area contributed by atoms with Crippen molar-refractivity contribution in [1.29, 1.82) is 0 Å². The van der Waals surface area contributed by atoms with Crippen LogP contribution in [0.4, 0.5) is 5.82 Å². The van der Waals surface area contributed by atoms with Gasteiger partial charge in [0.2, 0.25) is 10.0 Å². The molecule has 2 saturated heterocycles. The molecule has 3 rings (SSSR count). The van der Waals surface area contributed by atoms with Gasteiger partial charge >= 0.3 is 0 Å². The van der Waals surface area contributed by atoms with Crippen LogP contribution in [-0.4, -0.2) is 55.3 Å². The quantitative estimate of drug-likeness (QED) is 0.904. The van der Waals surface area contributed by atoms with Gasteiger partial charge < -0.3 is 10.1 Å². The molecule has 0 saturated carbocycles. The summed E-state index contributed by atoms with van der Waals surface area (Å²) in [6.45, 7) is 3.46. The van der Waals surface area contributed by atoms with Crippen LogP contribution in [0.2, 0.25) is 0 Å². The first kappa shape index (κ1) is 15.7. The predicted molar refractivity (Wildman–Crippen MR) is 85.1 cm³/mol. The van der Waals surface area contributed by atoms with Crippen LogP contribution in [0.15, 0.2) is 24.4 Å². The molecular weight excluding hydrogens is 302 g/mol. The first-order chi connectivity index (χ1) is 10.6. The molecule has 0 aromatic carbocycles. The summed E-state index contributed by atoms with van der Waals surface area (Å²) in [5.74, 6) is 1.16. The van der Waals surface area contributed by atoms with E-state index in [0.717, 1.165) is 25.3 Å². The Hall–Kier alpha value is -1.18. The highest BCUT2D eigenvalue weighted by Crippen LogP contribution is 2.31. The number of piperidine rings is 1. The largest absolute Gasteiger partial charge is 0.376 e. The fourth-order valence-electron chi connectivity index (χ4n) is 3.34. The van der Waals surface area contributed by atoms with E-state index in [4.69, 9.17) is 4.74 Å². The average Bonchev–Trinajstić information content (AvgIpc) is 2.55. The molecule has 1 aromatic heterocycles. The Balaban J connectivity index is 1.81. The Labute approximate surface area is 131 Å². The second-order valence-electron chi connectivity index (χ2n) is 5.92. The molecule has 7 heteroatoms. The number of hydrogen-bond acceptors (Lipinski definition) is 5. The smallest absolute Gasteiger partial charge is 0.213 e. The lowest BCUT2D eigenvalue weighted by molar-refractivity contribution is -0.0604. The van der Waals surface area contributed by atoms with Gasteiger partial charge in [-0.1, -0.05) is 6.07 Å². The Kier molecular flexibility index (Phi) is 4.65. The van der Waals surface area contributed by atoms with Crippen LogP contribution >= 0.6 is 0 Å². The van der Waals surface area contributed by atoms with Crippen molar-refractivity contribution in [3.8, 4) is 0 Å². The lowest BCUT2D eigenvalue weighted by atomic mass is 9.86. The number of nitrogens with one attached hydrogen (secondary N) is 1. The second-order valence-corrected chi connectivity index (χ2v) is 8.18. The molecule has 2 aliphatic heterocycles. The van der Waals surface area contributed by atoms with Crippen molar-refractivity contribution in [2.45, 2.75) is 31.9 Å². The highest BCUT2D eigenvalue weighted by Gasteiger charge is 2.42. The number of sulfonamides is 1. The number of nitrogens with zero attached hydrogens (tertiary/aromatic N) is 2. The highest BCUT2D eigenvalue weighted by molar-refractivity contribution is 7.89. The summed E-state index contributed by atoms with van der Waals surface area (Å²) < 4.78 is 32.1. The molecule has 6 nitrogen and oxygen atoms in total. The van der Waals surface area contributed by atoms with Crippen LogP contribution in [0, 0.1) is 5.92 Å². The van der Waals surface area contributed by atoms with E-state index in [2.05, 4.69) is 10.3 Å². The third-order valence-corrected chi connectivity index (χ3v) is 6.30. The first-order valence-corrected chi connectivity index (χ1v) is 9.48. The van der Waals surface area contributed by atoms with E-state index in [0.29, 0.717) is 13.1 Å². The summed E-state index contributed by atoms with van der Waals surface area (Å²) in [6.07, 6.45) is 3.79. The standard InChI is InChI=1S/C15H23N3O3S/c1-2-22(19,20)18-10-12-6-5-9-21-15(12)13(11-18)17-14-7-3-4-8-16-14/h3-4,7-8,12-13,15H,2,5-6,9-11H2,1H3,(H,16,17)/t12-,13+,15-/m1/s1. The average molecular weight is 325 g/mol. The summed E-state index contributed by atoms with van der Waals surface area (Å²) in [5.41, 5.74) is 0. The van der Waals surface area contributed by atoms with Crippen molar-refractivity contribution in [2.75, 3.05) is 30.8 Å². The number of ether oxygens (including phenoxy) is 1. The Morgan fingerprint density at radius 1 is 1.41 bits per heavy atom. The van der Waals surface area contributed by atoms with Crippen molar-refractivity contribution < 1.29 is 13.2 Å². The molecule has 0 spiro atoms. The minimum Gasteiger partial charge on any atom is -0.376 e. The van der Waals surface area contributed by atoms with E-state index < -0.39 is 10.0 Å². The van der Waals surface area contributed by atoms with Crippen molar-refractivity contribution in [2.24, 2.45) is 5.92 Å². The maximum absolute atomic E-state index is 12.3. The zero-order valence-corrected chi connectivity index (χ0v) is 13.6. The minimum atomic E-state index is -3.18. The van der Waals surface area contributed by atoms with Gasteiger partial charge in [0.05, 0.1) is 17.9 Å². The summed E-state index contributed by atoms with van der Waals surface area (Å²) in [7, 11) is -3.18. The Morgan fingerprint density at radius 3 is 3.00 bits per heavy atom. The lowest BCUT2D eigenvalue weighted by Crippen LogP contribution is -2.59. The molecule has 1 N–H and O–H groups in total. The van der Waals surface area contributed by atoms with Gasteiger partial charge in [-0.2, -0.15) is 4.31 Å². The molecule has 22 heavy (non-hydrogen) atoms. The molecule has 2 fully saturated rings. The molecule has 3 heterocycles. The van der Waals surface area contributed by atoms with Gasteiger partial charge in [-0.25, -0.2) is 13.4 Å². The van der Waals surface area contributed by atoms with Gasteiger partial charge in [-0.3, -0.25) is 0 Å². The SMILES string of the molecule is CCS(=O)(=O)N1C[C@H]2CCCO[C@H]2[C@@H](Nc2ccccn2)C1. The number of rotatable bonds is 4. The third-order valence-electron chi connectivity index (χ3n) is 4.49. The molecule has 0 radical (unpaired) electrons. The fourth-order valence-corrected chi connectivity index (χ4v) is 4.51. The maximum Gasteiger partial charge on any atom is 0.213 e. The summed E-state index contributed by atoms with van der Waals surface area (Å²) in [4.78, 5) is 4.28. The van der Waals surface area contributed by atoms with Crippen LogP contribution in [0.3, 0.4) is 0 Å². The van der Waals surface area contributed by atoms with E-state index in [9.17, 15) is 8.42 Å². The van der Waals surface area contributed by atoms with E-state index in [-0.39, 0.29) is 23.8 Å². The topological polar surface area (TPSA) is 71.5 Å². The van der Waals surface area contributed by atoms with Crippen molar-refractivity contribution in [1.82, 2.24) is 9.29 Å². The molecule has 0 unspecified atom stereocenters. The first-order valence-electron chi connectivity index (χ1n) is 7.87. The van der Waals surface area contributed by atoms with E-state index in [1.807, 2.05) is 18.2 Å². The monoisotopic (exact) mass is 325 g/mol. The second kappa shape index (κ2) is 6.52. The summed E-state index contributed by atoms with van der Waals surface area (Å²) >= 11 is 0. The maximum atomic E-state index is 12.3. The Morgan fingerprint density at radius 2 is 2.27 bits per heavy atom. The number of hydrogen-bond donors (Lipinski definition) is 1. The summed E-state index contributed by atoms with van der Waals surface area (Å²) in [5, 5.41) is 3.36. The molecular formula is C15H23N3O3S. The fraction of sp³-hybridized carbons (Fsp3) is 0.667. The molecule has 1 aromatic rings. The molecule has 3 atom stereocenters. The number of anilines is 1. The van der Waals surface area contributed by atoms with E-state index in [1.54, 1.807) is 17.4 Å². The van der Waals surface area contributed by atoms with Gasteiger partial charge in [-0.05, 0) is 31.9 Å². The molecule has 0 bridgehead atoms. The minimum absolute atomic E-state index is 0.0547. The molecule has 0 amide bonds. The van der Waals surface area contributed by atoms with Crippen LogP contribution in [0.25, 0.3) is 0 Å². The number of pyridine rings is 1. The van der Waals surface area contributed by atoms with Gasteiger partial charge in [0.15, 0.2) is 0 Å². The molecule has 2 aliphatic rings. The van der Waals surface area contributed by atoms with Gasteiger partial charge in [-0.15, -0.1) is 0 Å². The van der Waals surface area contributed by atoms with Crippen LogP contribution in [-0.2, 0) is 14.8 Å². The summed E-state index contributed by atoms with van der Waals surface area (Å²) in [6, 6.07) is 5.61. The van der Waals surface area contributed by atoms with Crippen molar-refractivity contribution >= 4 is 15.8 Å². The lowest BCUT2D eigenvalue weighted by Gasteiger charge is -2.45. The number of fused-ring (bicyclic) bond motifs is 1. The highest BCUT2D eigenvalue weighted by atomic mass is 32.2.